The van der Waals surface area contributed by atoms with E-state index in [2.05, 4.69) is 106 Å². The lowest BCUT2D eigenvalue weighted by molar-refractivity contribution is -0.167. The van der Waals surface area contributed by atoms with E-state index >= 15 is 0 Å². The standard InChI is InChI=1S/C65H112O6/c1-4-7-10-13-16-19-22-25-28-31-33-35-37-40-43-46-49-52-55-58-64(67)70-61-62(60-69-63(66)57-54-51-48-45-42-39-36-30-27-24-21-18-15-12-9-6-3)71-65(68)59-56-53-50-47-44-41-38-34-32-29-26-23-20-17-14-11-8-5-2/h7,10,16,19,25,28-30,32-36,38,62H,4-6,8-9,11-15,17-18,20-24,26-27,31,37,39-61H2,1-3H3/b10-7-,19-16-,28-25-,32-29-,35-33-,36-30-,38-34-. The van der Waals surface area contributed by atoms with Crippen molar-refractivity contribution in [1.82, 2.24) is 0 Å². The normalized spacial score (nSPS) is 12.7. The van der Waals surface area contributed by atoms with Crippen LogP contribution in [0.25, 0.3) is 0 Å². The number of hydrogen-bond donors (Lipinski definition) is 0. The van der Waals surface area contributed by atoms with Crippen LogP contribution in [0.2, 0.25) is 0 Å². The number of esters is 3. The number of allylic oxidation sites excluding steroid dienone is 14. The van der Waals surface area contributed by atoms with E-state index in [-0.39, 0.29) is 31.1 Å². The van der Waals surface area contributed by atoms with Gasteiger partial charge in [0.2, 0.25) is 0 Å². The summed E-state index contributed by atoms with van der Waals surface area (Å²) in [4.78, 5) is 38.2. The van der Waals surface area contributed by atoms with Crippen LogP contribution in [0.1, 0.15) is 290 Å². The summed E-state index contributed by atoms with van der Waals surface area (Å²) < 4.78 is 16.9. The second-order valence-corrected chi connectivity index (χ2v) is 19.9. The van der Waals surface area contributed by atoms with Crippen LogP contribution >= 0.6 is 0 Å². The SMILES string of the molecule is CC/C=C\C/C=C\C/C=C\C/C=C\CCCCCCCCC(=O)OCC(COC(=O)CCCCCCC/C=C\CCCCCCCCC)OC(=O)CCCCCCC/C=C\C=C/CCCCCCCCC. The summed E-state index contributed by atoms with van der Waals surface area (Å²) in [6.07, 6.45) is 77.1. The molecule has 1 atom stereocenters. The minimum Gasteiger partial charge on any atom is -0.462 e. The molecule has 0 aromatic heterocycles. The largest absolute Gasteiger partial charge is 0.462 e. The summed E-state index contributed by atoms with van der Waals surface area (Å²) in [6.45, 7) is 6.51. The second-order valence-electron chi connectivity index (χ2n) is 19.9. The van der Waals surface area contributed by atoms with E-state index in [1.54, 1.807) is 0 Å². The highest BCUT2D eigenvalue weighted by Crippen LogP contribution is 2.15. The topological polar surface area (TPSA) is 78.9 Å². The molecule has 408 valence electrons. The molecule has 0 aromatic rings. The molecular weight excluding hydrogens is 877 g/mol. The summed E-state index contributed by atoms with van der Waals surface area (Å²) in [5, 5.41) is 0. The van der Waals surface area contributed by atoms with Crippen LogP contribution in [-0.4, -0.2) is 37.2 Å². The molecule has 0 spiro atoms. The van der Waals surface area contributed by atoms with Crippen molar-refractivity contribution >= 4 is 17.9 Å². The average Bonchev–Trinajstić information content (AvgIpc) is 3.37. The van der Waals surface area contributed by atoms with Crippen LogP contribution in [-0.2, 0) is 28.6 Å². The third-order valence-electron chi connectivity index (χ3n) is 12.9. The Morgan fingerprint density at radius 1 is 0.310 bits per heavy atom. The van der Waals surface area contributed by atoms with Crippen LogP contribution in [0.3, 0.4) is 0 Å². The van der Waals surface area contributed by atoms with Crippen LogP contribution in [0.4, 0.5) is 0 Å². The van der Waals surface area contributed by atoms with Crippen molar-refractivity contribution in [2.45, 2.75) is 297 Å². The summed E-state index contributed by atoms with van der Waals surface area (Å²) in [5.74, 6) is -0.920. The van der Waals surface area contributed by atoms with Crippen molar-refractivity contribution in [3.05, 3.63) is 85.1 Å². The second kappa shape index (κ2) is 59.2. The highest BCUT2D eigenvalue weighted by atomic mass is 16.6. The minimum absolute atomic E-state index is 0.0915. The van der Waals surface area contributed by atoms with Gasteiger partial charge in [-0.3, -0.25) is 14.4 Å². The van der Waals surface area contributed by atoms with Crippen LogP contribution in [0.5, 0.6) is 0 Å². The van der Waals surface area contributed by atoms with Gasteiger partial charge in [0.1, 0.15) is 13.2 Å². The Morgan fingerprint density at radius 2 is 0.592 bits per heavy atom. The van der Waals surface area contributed by atoms with Gasteiger partial charge in [-0.05, 0) is 109 Å². The Hall–Kier alpha value is -3.41. The van der Waals surface area contributed by atoms with Gasteiger partial charge in [0.15, 0.2) is 6.10 Å². The lowest BCUT2D eigenvalue weighted by Gasteiger charge is -2.18. The van der Waals surface area contributed by atoms with E-state index in [0.29, 0.717) is 19.3 Å². The van der Waals surface area contributed by atoms with Gasteiger partial charge >= 0.3 is 17.9 Å². The van der Waals surface area contributed by atoms with Crippen LogP contribution in [0, 0.1) is 0 Å². The smallest absolute Gasteiger partial charge is 0.306 e. The first-order chi connectivity index (χ1) is 35.0. The Morgan fingerprint density at radius 3 is 0.958 bits per heavy atom. The molecule has 6 heteroatoms. The van der Waals surface area contributed by atoms with Crippen LogP contribution in [0.15, 0.2) is 85.1 Å². The zero-order valence-corrected chi connectivity index (χ0v) is 46.7. The highest BCUT2D eigenvalue weighted by molar-refractivity contribution is 5.71. The van der Waals surface area contributed by atoms with E-state index in [1.165, 1.54) is 128 Å². The van der Waals surface area contributed by atoms with E-state index in [9.17, 15) is 14.4 Å². The molecule has 0 amide bonds. The maximum atomic E-state index is 12.9. The molecule has 0 radical (unpaired) electrons. The molecule has 0 aromatic carbocycles. The number of ether oxygens (including phenoxy) is 3. The van der Waals surface area contributed by atoms with Crippen molar-refractivity contribution in [2.24, 2.45) is 0 Å². The van der Waals surface area contributed by atoms with Crippen molar-refractivity contribution in [3.63, 3.8) is 0 Å². The molecule has 0 N–H and O–H groups in total. The first kappa shape index (κ1) is 67.6. The maximum absolute atomic E-state index is 12.9. The molecule has 0 saturated carbocycles. The van der Waals surface area contributed by atoms with E-state index in [4.69, 9.17) is 14.2 Å². The molecule has 0 rings (SSSR count). The molecule has 0 bridgehead atoms. The van der Waals surface area contributed by atoms with Gasteiger partial charge in [-0.2, -0.15) is 0 Å². The molecular formula is C65H112O6. The Bertz CT molecular complexity index is 1370. The molecule has 1 unspecified atom stereocenters. The van der Waals surface area contributed by atoms with Crippen molar-refractivity contribution in [2.75, 3.05) is 13.2 Å². The van der Waals surface area contributed by atoms with E-state index in [1.807, 2.05) is 0 Å². The predicted octanol–water partition coefficient (Wildman–Crippen LogP) is 20.3. The zero-order valence-electron chi connectivity index (χ0n) is 46.7. The third kappa shape index (κ3) is 57.4. The van der Waals surface area contributed by atoms with Gasteiger partial charge in [0.25, 0.3) is 0 Å². The molecule has 0 aliphatic heterocycles. The van der Waals surface area contributed by atoms with Gasteiger partial charge in [0.05, 0.1) is 0 Å². The number of rotatable bonds is 54. The third-order valence-corrected chi connectivity index (χ3v) is 12.9. The first-order valence-corrected chi connectivity index (χ1v) is 30.1. The molecule has 0 heterocycles. The molecule has 71 heavy (non-hydrogen) atoms. The summed E-state index contributed by atoms with van der Waals surface area (Å²) in [5.41, 5.74) is 0. The fraction of sp³-hybridized carbons (Fsp3) is 0.738. The Labute approximate surface area is 439 Å². The van der Waals surface area contributed by atoms with Gasteiger partial charge in [-0.15, -0.1) is 0 Å². The van der Waals surface area contributed by atoms with Crippen molar-refractivity contribution in [1.29, 1.82) is 0 Å². The minimum atomic E-state index is -0.796. The number of unbranched alkanes of at least 4 members (excludes halogenated alkanes) is 30. The molecule has 0 aliphatic rings. The predicted molar refractivity (Wildman–Crippen MR) is 307 cm³/mol. The van der Waals surface area contributed by atoms with Crippen molar-refractivity contribution < 1.29 is 28.6 Å². The summed E-state index contributed by atoms with van der Waals surface area (Å²) >= 11 is 0. The van der Waals surface area contributed by atoms with Gasteiger partial charge in [0, 0.05) is 19.3 Å². The maximum Gasteiger partial charge on any atom is 0.306 e. The fourth-order valence-electron chi connectivity index (χ4n) is 8.36. The highest BCUT2D eigenvalue weighted by Gasteiger charge is 2.19. The lowest BCUT2D eigenvalue weighted by Crippen LogP contribution is -2.30. The number of hydrogen-bond acceptors (Lipinski definition) is 6. The summed E-state index contributed by atoms with van der Waals surface area (Å²) in [6, 6.07) is 0. The zero-order chi connectivity index (χ0) is 51.4. The quantitative estimate of drug-likeness (QED) is 0.0199. The van der Waals surface area contributed by atoms with Gasteiger partial charge in [-0.1, -0.05) is 247 Å². The number of carbonyl (C=O) groups excluding carboxylic acids is 3. The van der Waals surface area contributed by atoms with Crippen molar-refractivity contribution in [3.8, 4) is 0 Å². The van der Waals surface area contributed by atoms with Crippen LogP contribution < -0.4 is 0 Å². The monoisotopic (exact) mass is 989 g/mol. The van der Waals surface area contributed by atoms with Gasteiger partial charge in [-0.25, -0.2) is 0 Å². The Balaban J connectivity index is 4.45. The fourth-order valence-corrected chi connectivity index (χ4v) is 8.36. The Kier molecular flexibility index (Phi) is 56.3. The molecule has 0 aliphatic carbocycles. The van der Waals surface area contributed by atoms with E-state index < -0.39 is 6.10 Å². The summed E-state index contributed by atoms with van der Waals surface area (Å²) in [7, 11) is 0. The number of carbonyl (C=O) groups is 3. The van der Waals surface area contributed by atoms with Gasteiger partial charge < -0.3 is 14.2 Å². The van der Waals surface area contributed by atoms with E-state index in [0.717, 1.165) is 122 Å². The molecule has 0 saturated heterocycles. The first-order valence-electron chi connectivity index (χ1n) is 30.1. The molecule has 6 nitrogen and oxygen atoms in total. The molecule has 0 fully saturated rings. The average molecular weight is 990 g/mol. The lowest BCUT2D eigenvalue weighted by atomic mass is 10.1.